The van der Waals surface area contributed by atoms with Crippen LogP contribution in [0.15, 0.2) is 5.16 Å². The van der Waals surface area contributed by atoms with Gasteiger partial charge in [0.25, 0.3) is 0 Å². The summed E-state index contributed by atoms with van der Waals surface area (Å²) in [4.78, 5) is 0. The Morgan fingerprint density at radius 2 is 2.54 bits per heavy atom. The highest BCUT2D eigenvalue weighted by atomic mass is 32.2. The topological polar surface area (TPSA) is 70.6 Å². The molecule has 4 N–H and O–H groups in total. The Labute approximate surface area is 82.9 Å². The number of nitrogens with two attached hydrogens (primary N) is 1. The molecule has 0 radical (unpaired) electrons. The fourth-order valence-electron chi connectivity index (χ4n) is 1.32. The molecule has 0 bridgehead atoms. The van der Waals surface area contributed by atoms with Gasteiger partial charge in [-0.25, -0.2) is 0 Å². The van der Waals surface area contributed by atoms with Crippen molar-refractivity contribution in [1.82, 2.24) is 5.32 Å². The molecule has 0 saturated carbocycles. The first kappa shape index (κ1) is 10.7. The Morgan fingerprint density at radius 1 is 1.69 bits per heavy atom. The van der Waals surface area contributed by atoms with Crippen molar-refractivity contribution in [2.75, 3.05) is 24.6 Å². The van der Waals surface area contributed by atoms with E-state index in [2.05, 4.69) is 10.5 Å². The third-order valence-corrected chi connectivity index (χ3v) is 3.37. The summed E-state index contributed by atoms with van der Waals surface area (Å²) in [6.07, 6.45) is 1.94. The first-order valence-corrected chi connectivity index (χ1v) is 5.73. The molecule has 1 aliphatic rings. The second-order valence-corrected chi connectivity index (χ2v) is 4.42. The summed E-state index contributed by atoms with van der Waals surface area (Å²) >= 11 is 2.02. The average molecular weight is 203 g/mol. The molecule has 1 aliphatic heterocycles. The van der Waals surface area contributed by atoms with Crippen molar-refractivity contribution in [3.63, 3.8) is 0 Å². The van der Waals surface area contributed by atoms with Crippen LogP contribution in [-0.2, 0) is 0 Å². The molecule has 0 aromatic rings. The van der Waals surface area contributed by atoms with Crippen LogP contribution in [-0.4, -0.2) is 35.6 Å². The first-order valence-electron chi connectivity index (χ1n) is 4.58. The van der Waals surface area contributed by atoms with Crippen molar-refractivity contribution in [2.24, 2.45) is 16.8 Å². The lowest BCUT2D eigenvalue weighted by atomic mass is 10.1. The Balaban J connectivity index is 1.94. The lowest BCUT2D eigenvalue weighted by molar-refractivity contribution is 0.316. The normalized spacial score (nSPS) is 23.7. The van der Waals surface area contributed by atoms with Gasteiger partial charge in [0.15, 0.2) is 0 Å². The number of hydrogen-bond donors (Lipinski definition) is 3. The summed E-state index contributed by atoms with van der Waals surface area (Å²) in [6, 6.07) is 0. The minimum atomic E-state index is 0.299. The molecular weight excluding hydrogens is 186 g/mol. The van der Waals surface area contributed by atoms with Crippen molar-refractivity contribution < 1.29 is 5.21 Å². The minimum absolute atomic E-state index is 0.299. The van der Waals surface area contributed by atoms with E-state index in [9.17, 15) is 0 Å². The van der Waals surface area contributed by atoms with E-state index in [0.29, 0.717) is 12.3 Å². The van der Waals surface area contributed by atoms with Crippen LogP contribution < -0.4 is 11.1 Å². The Hall–Kier alpha value is -0.420. The van der Waals surface area contributed by atoms with Gasteiger partial charge in [-0.2, -0.15) is 11.8 Å². The molecule has 1 unspecified atom stereocenters. The van der Waals surface area contributed by atoms with E-state index in [0.717, 1.165) is 19.0 Å². The predicted molar refractivity (Wildman–Crippen MR) is 56.3 cm³/mol. The largest absolute Gasteiger partial charge is 0.409 e. The van der Waals surface area contributed by atoms with Gasteiger partial charge in [0.2, 0.25) is 0 Å². The average Bonchev–Trinajstić information content (AvgIpc) is 2.64. The van der Waals surface area contributed by atoms with E-state index >= 15 is 0 Å². The van der Waals surface area contributed by atoms with Crippen LogP contribution in [0.3, 0.4) is 0 Å². The van der Waals surface area contributed by atoms with E-state index in [4.69, 9.17) is 10.9 Å². The number of thioether (sulfide) groups is 1. The van der Waals surface area contributed by atoms with Gasteiger partial charge in [0, 0.05) is 13.0 Å². The van der Waals surface area contributed by atoms with Gasteiger partial charge in [0.05, 0.1) is 0 Å². The molecule has 0 amide bonds. The van der Waals surface area contributed by atoms with Crippen LogP contribution in [0.25, 0.3) is 0 Å². The zero-order valence-corrected chi connectivity index (χ0v) is 8.52. The highest BCUT2D eigenvalue weighted by Crippen LogP contribution is 2.22. The van der Waals surface area contributed by atoms with E-state index in [1.165, 1.54) is 17.9 Å². The molecule has 4 nitrogen and oxygen atoms in total. The minimum Gasteiger partial charge on any atom is -0.409 e. The maximum absolute atomic E-state index is 8.28. The fraction of sp³-hybridized carbons (Fsp3) is 0.875. The van der Waals surface area contributed by atoms with Crippen LogP contribution in [0.2, 0.25) is 0 Å². The quantitative estimate of drug-likeness (QED) is 0.200. The molecule has 0 aromatic carbocycles. The van der Waals surface area contributed by atoms with Gasteiger partial charge in [-0.05, 0) is 30.4 Å². The molecule has 1 fully saturated rings. The molecular formula is C8H17N3OS. The molecule has 1 saturated heterocycles. The Bertz CT molecular complexity index is 169. The highest BCUT2D eigenvalue weighted by Gasteiger charge is 2.14. The van der Waals surface area contributed by atoms with E-state index in [-0.39, 0.29) is 0 Å². The second-order valence-electron chi connectivity index (χ2n) is 3.28. The molecule has 1 atom stereocenters. The predicted octanol–water partition coefficient (Wildman–Crippen LogP) is 0.466. The summed E-state index contributed by atoms with van der Waals surface area (Å²) < 4.78 is 0. The zero-order chi connectivity index (χ0) is 9.52. The third-order valence-electron chi connectivity index (χ3n) is 2.14. The molecule has 5 heteroatoms. The molecule has 0 aliphatic carbocycles. The van der Waals surface area contributed by atoms with Crippen LogP contribution >= 0.6 is 11.8 Å². The number of nitrogens with zero attached hydrogens (tertiary/aromatic N) is 1. The van der Waals surface area contributed by atoms with E-state index in [1.807, 2.05) is 11.8 Å². The number of rotatable bonds is 5. The standard InChI is InChI=1S/C8H17N3OS/c9-8(11-12)1-3-10-5-7-2-4-13-6-7/h7,10,12H,1-6H2,(H2,9,11). The van der Waals surface area contributed by atoms with Crippen molar-refractivity contribution in [1.29, 1.82) is 0 Å². The molecule has 13 heavy (non-hydrogen) atoms. The maximum atomic E-state index is 8.28. The number of hydrogen-bond acceptors (Lipinski definition) is 4. The Morgan fingerprint density at radius 3 is 3.15 bits per heavy atom. The molecule has 1 rings (SSSR count). The third kappa shape index (κ3) is 4.38. The number of amidine groups is 1. The van der Waals surface area contributed by atoms with Gasteiger partial charge in [-0.15, -0.1) is 0 Å². The lowest BCUT2D eigenvalue weighted by Gasteiger charge is -2.08. The van der Waals surface area contributed by atoms with E-state index in [1.54, 1.807) is 0 Å². The van der Waals surface area contributed by atoms with Crippen LogP contribution in [0.5, 0.6) is 0 Å². The van der Waals surface area contributed by atoms with Gasteiger partial charge >= 0.3 is 0 Å². The summed E-state index contributed by atoms with van der Waals surface area (Å²) in [5.41, 5.74) is 5.32. The number of nitrogens with one attached hydrogen (secondary N) is 1. The monoisotopic (exact) mass is 203 g/mol. The van der Waals surface area contributed by atoms with Crippen molar-refractivity contribution in [3.8, 4) is 0 Å². The van der Waals surface area contributed by atoms with Crippen LogP contribution in [0.4, 0.5) is 0 Å². The SMILES string of the molecule is NC(CCNCC1CCSC1)=NO. The van der Waals surface area contributed by atoms with Gasteiger partial charge in [-0.1, -0.05) is 5.16 Å². The zero-order valence-electron chi connectivity index (χ0n) is 7.70. The van der Waals surface area contributed by atoms with E-state index < -0.39 is 0 Å². The van der Waals surface area contributed by atoms with Crippen molar-refractivity contribution in [3.05, 3.63) is 0 Å². The van der Waals surface area contributed by atoms with Gasteiger partial charge < -0.3 is 16.3 Å². The van der Waals surface area contributed by atoms with Gasteiger partial charge in [0.1, 0.15) is 5.84 Å². The molecule has 1 heterocycles. The smallest absolute Gasteiger partial charge is 0.140 e. The van der Waals surface area contributed by atoms with Crippen molar-refractivity contribution in [2.45, 2.75) is 12.8 Å². The summed E-state index contributed by atoms with van der Waals surface area (Å²) in [5, 5.41) is 14.5. The maximum Gasteiger partial charge on any atom is 0.140 e. The number of oxime groups is 1. The van der Waals surface area contributed by atoms with Crippen LogP contribution in [0.1, 0.15) is 12.8 Å². The molecule has 0 spiro atoms. The van der Waals surface area contributed by atoms with Crippen LogP contribution in [0, 0.1) is 5.92 Å². The lowest BCUT2D eigenvalue weighted by Crippen LogP contribution is -2.27. The second kappa shape index (κ2) is 6.10. The summed E-state index contributed by atoms with van der Waals surface area (Å²) in [5.74, 6) is 3.69. The first-order chi connectivity index (χ1) is 6.33. The molecule has 0 aromatic heterocycles. The van der Waals surface area contributed by atoms with Gasteiger partial charge in [-0.3, -0.25) is 0 Å². The summed E-state index contributed by atoms with van der Waals surface area (Å²) in [7, 11) is 0. The highest BCUT2D eigenvalue weighted by molar-refractivity contribution is 7.99. The molecule has 76 valence electrons. The summed E-state index contributed by atoms with van der Waals surface area (Å²) in [6.45, 7) is 1.86. The fourth-order valence-corrected chi connectivity index (χ4v) is 2.60. The Kier molecular flexibility index (Phi) is 5.00. The van der Waals surface area contributed by atoms with Crippen molar-refractivity contribution >= 4 is 17.6 Å².